The lowest BCUT2D eigenvalue weighted by atomic mass is 10.0. The van der Waals surface area contributed by atoms with Gasteiger partial charge in [-0.1, -0.05) is 212 Å². The molecule has 52 heavy (non-hydrogen) atoms. The molecular weight excluding hydrogens is 645 g/mol. The normalized spacial score (nSPS) is 12.3. The van der Waals surface area contributed by atoms with Crippen molar-refractivity contribution in [2.75, 3.05) is 13.2 Å². The molecule has 0 radical (unpaired) electrons. The van der Waals surface area contributed by atoms with Gasteiger partial charge in [-0.25, -0.2) is 0 Å². The van der Waals surface area contributed by atoms with Crippen molar-refractivity contribution in [3.05, 3.63) is 24.3 Å². The second-order valence-corrected chi connectivity index (χ2v) is 15.5. The Morgan fingerprint density at radius 1 is 0.442 bits per heavy atom. The fourth-order valence-electron chi connectivity index (χ4n) is 6.76. The lowest BCUT2D eigenvalue weighted by Crippen LogP contribution is -2.28. The van der Waals surface area contributed by atoms with Crippen molar-refractivity contribution in [3.63, 3.8) is 0 Å². The highest BCUT2D eigenvalue weighted by molar-refractivity contribution is 5.70. The Bertz CT molecular complexity index is 791. The predicted octanol–water partition coefficient (Wildman–Crippen LogP) is 14.6. The van der Waals surface area contributed by atoms with Crippen molar-refractivity contribution >= 4 is 11.9 Å². The third-order valence-corrected chi connectivity index (χ3v) is 10.2. The smallest absolute Gasteiger partial charge is 0.306 e. The average Bonchev–Trinajstić information content (AvgIpc) is 3.15. The number of aliphatic hydroxyl groups is 1. The number of hydrogen-bond acceptors (Lipinski definition) is 5. The van der Waals surface area contributed by atoms with Crippen molar-refractivity contribution < 1.29 is 24.2 Å². The van der Waals surface area contributed by atoms with Crippen LogP contribution in [0.2, 0.25) is 0 Å². The molecule has 1 N–H and O–H groups in total. The van der Waals surface area contributed by atoms with Gasteiger partial charge in [-0.3, -0.25) is 9.59 Å². The van der Waals surface area contributed by atoms with E-state index in [-0.39, 0.29) is 25.2 Å². The monoisotopic (exact) mass is 733 g/mol. The van der Waals surface area contributed by atoms with Crippen molar-refractivity contribution in [3.8, 4) is 0 Å². The van der Waals surface area contributed by atoms with Gasteiger partial charge in [-0.2, -0.15) is 0 Å². The Hall–Kier alpha value is -1.62. The molecule has 0 saturated heterocycles. The number of carbonyl (C=O) groups excluding carboxylic acids is 2. The van der Waals surface area contributed by atoms with Gasteiger partial charge in [0.15, 0.2) is 6.10 Å². The minimum atomic E-state index is -0.769. The van der Waals surface area contributed by atoms with Gasteiger partial charge in [0, 0.05) is 12.8 Å². The zero-order chi connectivity index (χ0) is 37.8. The summed E-state index contributed by atoms with van der Waals surface area (Å²) in [6.45, 7) is 4.14. The minimum Gasteiger partial charge on any atom is -0.462 e. The van der Waals surface area contributed by atoms with Gasteiger partial charge in [-0.05, 0) is 44.9 Å². The number of ether oxygens (including phenoxy) is 2. The summed E-state index contributed by atoms with van der Waals surface area (Å²) in [7, 11) is 0. The third kappa shape index (κ3) is 41.1. The SMILES string of the molecule is CCCCC/C=C\C/C=C\CCCCCCCCCCCC(=O)OC(CO)COC(=O)CCCCCCCCCCCCCCCCCCCCC. The Labute approximate surface area is 323 Å². The molecule has 0 fully saturated rings. The Balaban J connectivity index is 3.49. The Kier molecular flexibility index (Phi) is 42.4. The molecule has 0 aromatic heterocycles. The molecule has 1 unspecified atom stereocenters. The van der Waals surface area contributed by atoms with E-state index in [1.54, 1.807) is 0 Å². The van der Waals surface area contributed by atoms with Crippen LogP contribution in [0.25, 0.3) is 0 Å². The lowest BCUT2D eigenvalue weighted by Gasteiger charge is -2.15. The number of allylic oxidation sites excluding steroid dienone is 4. The van der Waals surface area contributed by atoms with Crippen LogP contribution in [-0.2, 0) is 19.1 Å². The number of aliphatic hydroxyl groups excluding tert-OH is 1. The van der Waals surface area contributed by atoms with E-state index in [1.807, 2.05) is 0 Å². The summed E-state index contributed by atoms with van der Waals surface area (Å²) >= 11 is 0. The zero-order valence-corrected chi connectivity index (χ0v) is 34.8. The van der Waals surface area contributed by atoms with Gasteiger partial charge in [-0.15, -0.1) is 0 Å². The van der Waals surface area contributed by atoms with E-state index in [4.69, 9.17) is 9.47 Å². The molecule has 0 aromatic carbocycles. The standard InChI is InChI=1S/C47H88O5/c1-3-5-7-9-11-13-15-17-19-21-23-25-27-29-31-33-35-37-39-41-46(49)51-44-45(43-48)52-47(50)42-40-38-36-34-32-30-28-26-24-22-20-18-16-14-12-10-8-6-4-2/h12,14,18,20,45,48H,3-11,13,15-17,19,21-44H2,1-2H3/b14-12-,20-18-. The van der Waals surface area contributed by atoms with Crippen molar-refractivity contribution in [1.82, 2.24) is 0 Å². The molecule has 0 aliphatic heterocycles. The molecule has 306 valence electrons. The summed E-state index contributed by atoms with van der Waals surface area (Å²) in [5.41, 5.74) is 0. The first-order valence-electron chi connectivity index (χ1n) is 22.9. The first kappa shape index (κ1) is 50.4. The lowest BCUT2D eigenvalue weighted by molar-refractivity contribution is -0.161. The first-order valence-corrected chi connectivity index (χ1v) is 22.9. The molecule has 0 heterocycles. The van der Waals surface area contributed by atoms with Gasteiger partial charge < -0.3 is 14.6 Å². The fourth-order valence-corrected chi connectivity index (χ4v) is 6.76. The maximum absolute atomic E-state index is 12.2. The molecule has 0 amide bonds. The van der Waals surface area contributed by atoms with Gasteiger partial charge in [0.25, 0.3) is 0 Å². The highest BCUT2D eigenvalue weighted by Crippen LogP contribution is 2.16. The molecule has 0 aromatic rings. The molecule has 0 saturated carbocycles. The van der Waals surface area contributed by atoms with Crippen LogP contribution in [0.4, 0.5) is 0 Å². The molecule has 1 atom stereocenters. The largest absolute Gasteiger partial charge is 0.462 e. The topological polar surface area (TPSA) is 72.8 Å². The Morgan fingerprint density at radius 3 is 1.17 bits per heavy atom. The third-order valence-electron chi connectivity index (χ3n) is 10.2. The fraction of sp³-hybridized carbons (Fsp3) is 0.872. The van der Waals surface area contributed by atoms with Crippen LogP contribution >= 0.6 is 0 Å². The molecule has 0 aliphatic rings. The van der Waals surface area contributed by atoms with Crippen LogP contribution in [0.5, 0.6) is 0 Å². The van der Waals surface area contributed by atoms with E-state index in [1.165, 1.54) is 180 Å². The summed E-state index contributed by atoms with van der Waals surface area (Å²) < 4.78 is 10.7. The average molecular weight is 733 g/mol. The zero-order valence-electron chi connectivity index (χ0n) is 34.8. The van der Waals surface area contributed by atoms with Gasteiger partial charge in [0.05, 0.1) is 6.61 Å². The molecule has 0 spiro atoms. The minimum absolute atomic E-state index is 0.0625. The highest BCUT2D eigenvalue weighted by atomic mass is 16.6. The van der Waals surface area contributed by atoms with E-state index >= 15 is 0 Å². The predicted molar refractivity (Wildman–Crippen MR) is 224 cm³/mol. The maximum Gasteiger partial charge on any atom is 0.306 e. The molecular formula is C47H88O5. The highest BCUT2D eigenvalue weighted by Gasteiger charge is 2.16. The van der Waals surface area contributed by atoms with E-state index in [2.05, 4.69) is 38.2 Å². The van der Waals surface area contributed by atoms with Crippen LogP contribution in [0, 0.1) is 0 Å². The number of carbonyl (C=O) groups is 2. The Morgan fingerprint density at radius 2 is 0.769 bits per heavy atom. The molecule has 5 nitrogen and oxygen atoms in total. The molecule has 0 rings (SSSR count). The van der Waals surface area contributed by atoms with Crippen molar-refractivity contribution in [2.24, 2.45) is 0 Å². The summed E-state index contributed by atoms with van der Waals surface area (Å²) in [5, 5.41) is 9.59. The van der Waals surface area contributed by atoms with E-state index in [0.29, 0.717) is 12.8 Å². The second kappa shape index (κ2) is 43.8. The number of esters is 2. The number of unbranched alkanes of at least 4 members (excludes halogenated alkanes) is 30. The molecule has 0 bridgehead atoms. The summed E-state index contributed by atoms with van der Waals surface area (Å²) in [5.74, 6) is -0.583. The first-order chi connectivity index (χ1) is 25.6. The van der Waals surface area contributed by atoms with Crippen LogP contribution in [-0.4, -0.2) is 36.4 Å². The van der Waals surface area contributed by atoms with Gasteiger partial charge in [0.1, 0.15) is 6.61 Å². The molecule has 0 aliphatic carbocycles. The van der Waals surface area contributed by atoms with Crippen LogP contribution < -0.4 is 0 Å². The van der Waals surface area contributed by atoms with E-state index < -0.39 is 6.10 Å². The van der Waals surface area contributed by atoms with Gasteiger partial charge in [0.2, 0.25) is 0 Å². The maximum atomic E-state index is 12.2. The number of rotatable bonds is 42. The summed E-state index contributed by atoms with van der Waals surface area (Å²) in [4.78, 5) is 24.4. The van der Waals surface area contributed by atoms with Crippen molar-refractivity contribution in [2.45, 2.75) is 251 Å². The van der Waals surface area contributed by atoms with E-state index in [9.17, 15) is 14.7 Å². The molecule has 5 heteroatoms. The second-order valence-electron chi connectivity index (χ2n) is 15.5. The van der Waals surface area contributed by atoms with Crippen LogP contribution in [0.15, 0.2) is 24.3 Å². The van der Waals surface area contributed by atoms with Crippen molar-refractivity contribution in [1.29, 1.82) is 0 Å². The van der Waals surface area contributed by atoms with Gasteiger partial charge >= 0.3 is 11.9 Å². The van der Waals surface area contributed by atoms with Crippen LogP contribution in [0.1, 0.15) is 245 Å². The van der Waals surface area contributed by atoms with Crippen LogP contribution in [0.3, 0.4) is 0 Å². The quantitative estimate of drug-likeness (QED) is 0.0384. The summed E-state index contributed by atoms with van der Waals surface area (Å²) in [6, 6.07) is 0. The number of hydrogen-bond donors (Lipinski definition) is 1. The van der Waals surface area contributed by atoms with E-state index in [0.717, 1.165) is 38.5 Å². The summed E-state index contributed by atoms with van der Waals surface area (Å²) in [6.07, 6.45) is 52.5.